The molecule has 0 aromatic carbocycles. The average Bonchev–Trinajstić information content (AvgIpc) is 2.89. The molecule has 0 radical (unpaired) electrons. The molecule has 0 bridgehead atoms. The van der Waals surface area contributed by atoms with Crippen LogP contribution >= 0.6 is 0 Å². The predicted molar refractivity (Wildman–Crippen MR) is 68.1 cm³/mol. The number of rotatable bonds is 2. The summed E-state index contributed by atoms with van der Waals surface area (Å²) in [4.78, 5) is 19.7. The highest BCUT2D eigenvalue weighted by Gasteiger charge is 2.29. The second-order valence-corrected chi connectivity index (χ2v) is 4.46. The lowest BCUT2D eigenvalue weighted by Gasteiger charge is -2.23. The topological polar surface area (TPSA) is 54.8 Å². The van der Waals surface area contributed by atoms with Gasteiger partial charge in [-0.1, -0.05) is 0 Å². The van der Waals surface area contributed by atoms with Gasteiger partial charge in [-0.05, 0) is 31.9 Å². The van der Waals surface area contributed by atoms with Gasteiger partial charge in [0.2, 0.25) is 5.95 Å². The third-order valence-electron chi connectivity index (χ3n) is 3.17. The monoisotopic (exact) mass is 241 g/mol. The quantitative estimate of drug-likeness (QED) is 0.804. The molecule has 0 N–H and O–H groups in total. The highest BCUT2D eigenvalue weighted by Crippen LogP contribution is 2.32. The van der Waals surface area contributed by atoms with E-state index in [0.717, 1.165) is 36.9 Å². The molecule has 92 valence electrons. The maximum atomic E-state index is 4.52. The summed E-state index contributed by atoms with van der Waals surface area (Å²) in [6.45, 7) is 2.95. The standard InChI is InChI=1S/C13H15N5/c1-10-5-8-14-12(17-10)11-4-2-9-18(11)13-15-6-3-7-16-13/h3,5-8,11H,2,4,9H2,1H3. The van der Waals surface area contributed by atoms with Crippen molar-refractivity contribution in [3.8, 4) is 0 Å². The van der Waals surface area contributed by atoms with Crippen molar-refractivity contribution in [3.63, 3.8) is 0 Å². The average molecular weight is 241 g/mol. The molecule has 1 aliphatic heterocycles. The Labute approximate surface area is 106 Å². The number of aromatic nitrogens is 4. The summed E-state index contributed by atoms with van der Waals surface area (Å²) in [6.07, 6.45) is 7.55. The molecule has 2 aromatic heterocycles. The van der Waals surface area contributed by atoms with E-state index in [1.54, 1.807) is 12.4 Å². The number of aryl methyl sites for hydroxylation is 1. The summed E-state index contributed by atoms with van der Waals surface area (Å²) in [5.74, 6) is 1.64. The Bertz CT molecular complexity index is 528. The summed E-state index contributed by atoms with van der Waals surface area (Å²) in [6, 6.07) is 3.95. The van der Waals surface area contributed by atoms with Gasteiger partial charge in [0, 0.05) is 30.8 Å². The van der Waals surface area contributed by atoms with Gasteiger partial charge >= 0.3 is 0 Å². The maximum absolute atomic E-state index is 4.52. The van der Waals surface area contributed by atoms with Crippen LogP contribution in [0.25, 0.3) is 0 Å². The minimum absolute atomic E-state index is 0.201. The molecule has 3 rings (SSSR count). The largest absolute Gasteiger partial charge is 0.331 e. The van der Waals surface area contributed by atoms with Crippen LogP contribution in [0.3, 0.4) is 0 Å². The van der Waals surface area contributed by atoms with E-state index in [0.29, 0.717) is 0 Å². The molecular weight excluding hydrogens is 226 g/mol. The molecular formula is C13H15N5. The van der Waals surface area contributed by atoms with E-state index in [1.165, 1.54) is 0 Å². The Morgan fingerprint density at radius 1 is 1.17 bits per heavy atom. The van der Waals surface area contributed by atoms with Crippen molar-refractivity contribution < 1.29 is 0 Å². The highest BCUT2D eigenvalue weighted by molar-refractivity contribution is 5.34. The fourth-order valence-corrected chi connectivity index (χ4v) is 2.34. The van der Waals surface area contributed by atoms with Gasteiger partial charge < -0.3 is 4.90 Å². The van der Waals surface area contributed by atoms with Gasteiger partial charge in [-0.15, -0.1) is 0 Å². The Kier molecular flexibility index (Phi) is 2.88. The van der Waals surface area contributed by atoms with Crippen molar-refractivity contribution in [2.45, 2.75) is 25.8 Å². The molecule has 0 saturated carbocycles. The third kappa shape index (κ3) is 2.03. The van der Waals surface area contributed by atoms with Crippen molar-refractivity contribution in [1.82, 2.24) is 19.9 Å². The van der Waals surface area contributed by atoms with E-state index in [1.807, 2.05) is 25.3 Å². The Morgan fingerprint density at radius 2 is 2.00 bits per heavy atom. The van der Waals surface area contributed by atoms with Gasteiger partial charge in [0.05, 0.1) is 6.04 Å². The summed E-state index contributed by atoms with van der Waals surface area (Å²) in [5, 5.41) is 0. The molecule has 5 nitrogen and oxygen atoms in total. The van der Waals surface area contributed by atoms with Crippen LogP contribution in [0.1, 0.15) is 30.4 Å². The molecule has 1 saturated heterocycles. The molecule has 1 fully saturated rings. The molecule has 18 heavy (non-hydrogen) atoms. The van der Waals surface area contributed by atoms with E-state index in [4.69, 9.17) is 0 Å². The van der Waals surface area contributed by atoms with Gasteiger partial charge in [-0.3, -0.25) is 0 Å². The van der Waals surface area contributed by atoms with E-state index < -0.39 is 0 Å². The molecule has 1 unspecified atom stereocenters. The van der Waals surface area contributed by atoms with Crippen molar-refractivity contribution >= 4 is 5.95 Å². The maximum Gasteiger partial charge on any atom is 0.225 e. The summed E-state index contributed by atoms with van der Waals surface area (Å²) >= 11 is 0. The van der Waals surface area contributed by atoms with E-state index in [2.05, 4.69) is 24.8 Å². The first-order chi connectivity index (χ1) is 8.84. The third-order valence-corrected chi connectivity index (χ3v) is 3.17. The van der Waals surface area contributed by atoms with E-state index in [-0.39, 0.29) is 6.04 Å². The lowest BCUT2D eigenvalue weighted by atomic mass is 10.2. The van der Waals surface area contributed by atoms with Gasteiger partial charge in [-0.2, -0.15) is 0 Å². The first-order valence-corrected chi connectivity index (χ1v) is 6.18. The normalized spacial score (nSPS) is 19.2. The second-order valence-electron chi connectivity index (χ2n) is 4.46. The zero-order chi connectivity index (χ0) is 12.4. The summed E-state index contributed by atoms with van der Waals surface area (Å²) in [7, 11) is 0. The molecule has 2 aromatic rings. The fourth-order valence-electron chi connectivity index (χ4n) is 2.34. The predicted octanol–water partition coefficient (Wildman–Crippen LogP) is 1.92. The molecule has 1 atom stereocenters. The Morgan fingerprint density at radius 3 is 2.78 bits per heavy atom. The number of hydrogen-bond acceptors (Lipinski definition) is 5. The lowest BCUT2D eigenvalue weighted by molar-refractivity contribution is 0.650. The zero-order valence-corrected chi connectivity index (χ0v) is 10.3. The smallest absolute Gasteiger partial charge is 0.225 e. The molecule has 5 heteroatoms. The SMILES string of the molecule is Cc1ccnc(C2CCCN2c2ncccn2)n1. The van der Waals surface area contributed by atoms with Gasteiger partial charge in [0.15, 0.2) is 5.82 Å². The highest BCUT2D eigenvalue weighted by atomic mass is 15.3. The van der Waals surface area contributed by atoms with Gasteiger partial charge in [0.25, 0.3) is 0 Å². The molecule has 0 spiro atoms. The molecule has 1 aliphatic rings. The minimum atomic E-state index is 0.201. The van der Waals surface area contributed by atoms with Crippen LogP contribution in [0.15, 0.2) is 30.7 Å². The van der Waals surface area contributed by atoms with Crippen LogP contribution in [0.2, 0.25) is 0 Å². The van der Waals surface area contributed by atoms with E-state index in [9.17, 15) is 0 Å². The Balaban J connectivity index is 1.92. The van der Waals surface area contributed by atoms with Crippen LogP contribution in [0.4, 0.5) is 5.95 Å². The fraction of sp³-hybridized carbons (Fsp3) is 0.385. The number of hydrogen-bond donors (Lipinski definition) is 0. The van der Waals surface area contributed by atoms with Crippen LogP contribution in [-0.4, -0.2) is 26.5 Å². The van der Waals surface area contributed by atoms with Crippen molar-refractivity contribution in [2.24, 2.45) is 0 Å². The van der Waals surface area contributed by atoms with Crippen LogP contribution in [0, 0.1) is 6.92 Å². The summed E-state index contributed by atoms with van der Waals surface area (Å²) in [5.41, 5.74) is 1.00. The second kappa shape index (κ2) is 4.68. The van der Waals surface area contributed by atoms with Crippen LogP contribution in [-0.2, 0) is 0 Å². The van der Waals surface area contributed by atoms with Crippen LogP contribution < -0.4 is 4.90 Å². The lowest BCUT2D eigenvalue weighted by Crippen LogP contribution is -2.26. The zero-order valence-electron chi connectivity index (χ0n) is 10.3. The summed E-state index contributed by atoms with van der Waals surface area (Å²) < 4.78 is 0. The number of nitrogens with zero attached hydrogens (tertiary/aromatic N) is 5. The molecule has 0 amide bonds. The first kappa shape index (κ1) is 11.1. The first-order valence-electron chi connectivity index (χ1n) is 6.18. The van der Waals surface area contributed by atoms with Crippen LogP contribution in [0.5, 0.6) is 0 Å². The van der Waals surface area contributed by atoms with Gasteiger partial charge in [0.1, 0.15) is 0 Å². The minimum Gasteiger partial charge on any atom is -0.331 e. The van der Waals surface area contributed by atoms with Gasteiger partial charge in [-0.25, -0.2) is 19.9 Å². The Hall–Kier alpha value is -2.04. The van der Waals surface area contributed by atoms with Crippen molar-refractivity contribution in [3.05, 3.63) is 42.2 Å². The van der Waals surface area contributed by atoms with Crippen molar-refractivity contribution in [2.75, 3.05) is 11.4 Å². The molecule has 0 aliphatic carbocycles. The number of anilines is 1. The van der Waals surface area contributed by atoms with Crippen molar-refractivity contribution in [1.29, 1.82) is 0 Å². The van der Waals surface area contributed by atoms with E-state index >= 15 is 0 Å². The molecule has 3 heterocycles.